The number of carbonyl (C=O) groups excluding carboxylic acids is 1. The summed E-state index contributed by atoms with van der Waals surface area (Å²) >= 11 is 0. The quantitative estimate of drug-likeness (QED) is 0.806. The molecule has 1 fully saturated rings. The van der Waals surface area contributed by atoms with Crippen LogP contribution in [-0.4, -0.2) is 38.3 Å². The topological polar surface area (TPSA) is 59.6 Å². The van der Waals surface area contributed by atoms with E-state index in [-0.39, 0.29) is 5.91 Å². The Morgan fingerprint density at radius 1 is 1.29 bits per heavy atom. The Bertz CT molecular complexity index is 471. The summed E-state index contributed by atoms with van der Waals surface area (Å²) in [5.74, 6) is 1.21. The molecular formula is C16H24N2O3. The van der Waals surface area contributed by atoms with Crippen molar-refractivity contribution >= 4 is 5.91 Å². The Hall–Kier alpha value is -1.75. The largest absolute Gasteiger partial charge is 0.490 e. The zero-order valence-corrected chi connectivity index (χ0v) is 12.8. The van der Waals surface area contributed by atoms with E-state index < -0.39 is 0 Å². The van der Waals surface area contributed by atoms with Gasteiger partial charge in [0, 0.05) is 18.2 Å². The van der Waals surface area contributed by atoms with E-state index in [0.717, 1.165) is 13.0 Å². The molecule has 21 heavy (non-hydrogen) atoms. The number of rotatable bonds is 7. The van der Waals surface area contributed by atoms with Gasteiger partial charge in [-0.1, -0.05) is 0 Å². The van der Waals surface area contributed by atoms with Gasteiger partial charge >= 0.3 is 0 Å². The summed E-state index contributed by atoms with van der Waals surface area (Å²) < 4.78 is 11.0. The van der Waals surface area contributed by atoms with Crippen molar-refractivity contribution in [3.63, 3.8) is 0 Å². The summed E-state index contributed by atoms with van der Waals surface area (Å²) in [5.41, 5.74) is 0.597. The van der Waals surface area contributed by atoms with Crippen LogP contribution >= 0.6 is 0 Å². The Morgan fingerprint density at radius 3 is 2.71 bits per heavy atom. The van der Waals surface area contributed by atoms with Gasteiger partial charge in [0.25, 0.3) is 5.91 Å². The van der Waals surface area contributed by atoms with Crippen LogP contribution in [0.15, 0.2) is 18.2 Å². The molecule has 0 saturated carbocycles. The number of ether oxygens (including phenoxy) is 2. The first-order valence-electron chi connectivity index (χ1n) is 7.65. The normalized spacial score (nSPS) is 17.5. The van der Waals surface area contributed by atoms with Gasteiger partial charge in [0.05, 0.1) is 13.2 Å². The van der Waals surface area contributed by atoms with Gasteiger partial charge in [-0.05, 0) is 51.4 Å². The fourth-order valence-corrected chi connectivity index (χ4v) is 2.44. The standard InChI is InChI=1S/C16H24N2O3/c1-3-20-14-8-7-12(10-15(14)21-4-2)16(19)18-11-13-6-5-9-17-13/h7-8,10,13,17H,3-6,9,11H2,1-2H3,(H,18,19). The third kappa shape index (κ3) is 4.36. The molecular weight excluding hydrogens is 268 g/mol. The summed E-state index contributed by atoms with van der Waals surface area (Å²) in [7, 11) is 0. The van der Waals surface area contributed by atoms with Crippen LogP contribution in [0.2, 0.25) is 0 Å². The highest BCUT2D eigenvalue weighted by Crippen LogP contribution is 2.28. The molecule has 5 nitrogen and oxygen atoms in total. The zero-order valence-electron chi connectivity index (χ0n) is 12.8. The van der Waals surface area contributed by atoms with E-state index >= 15 is 0 Å². The van der Waals surface area contributed by atoms with Gasteiger partial charge in [0.15, 0.2) is 11.5 Å². The number of carbonyl (C=O) groups is 1. The minimum atomic E-state index is -0.0762. The van der Waals surface area contributed by atoms with Crippen LogP contribution in [0, 0.1) is 0 Å². The van der Waals surface area contributed by atoms with Gasteiger partial charge in [-0.2, -0.15) is 0 Å². The van der Waals surface area contributed by atoms with Gasteiger partial charge in [0.2, 0.25) is 0 Å². The van der Waals surface area contributed by atoms with Crippen molar-refractivity contribution in [2.75, 3.05) is 26.3 Å². The first-order chi connectivity index (χ1) is 10.2. The second-order valence-electron chi connectivity index (χ2n) is 5.03. The number of hydrogen-bond acceptors (Lipinski definition) is 4. The van der Waals surface area contributed by atoms with Gasteiger partial charge < -0.3 is 20.1 Å². The van der Waals surface area contributed by atoms with E-state index in [4.69, 9.17) is 9.47 Å². The van der Waals surface area contributed by atoms with E-state index in [2.05, 4.69) is 10.6 Å². The molecule has 1 aliphatic heterocycles. The molecule has 1 aliphatic rings. The van der Waals surface area contributed by atoms with Gasteiger partial charge in [-0.15, -0.1) is 0 Å². The molecule has 1 amide bonds. The van der Waals surface area contributed by atoms with Crippen LogP contribution < -0.4 is 20.1 Å². The molecule has 1 aromatic carbocycles. The van der Waals surface area contributed by atoms with Crippen LogP contribution in [-0.2, 0) is 0 Å². The molecule has 2 rings (SSSR count). The molecule has 0 radical (unpaired) electrons. The third-order valence-electron chi connectivity index (χ3n) is 3.48. The minimum Gasteiger partial charge on any atom is -0.490 e. The molecule has 1 atom stereocenters. The maximum atomic E-state index is 12.2. The number of hydrogen-bond donors (Lipinski definition) is 2. The van der Waals surface area contributed by atoms with Crippen molar-refractivity contribution in [1.82, 2.24) is 10.6 Å². The lowest BCUT2D eigenvalue weighted by Gasteiger charge is -2.14. The highest BCUT2D eigenvalue weighted by molar-refractivity contribution is 5.94. The van der Waals surface area contributed by atoms with E-state index in [1.807, 2.05) is 13.8 Å². The maximum Gasteiger partial charge on any atom is 0.251 e. The third-order valence-corrected chi connectivity index (χ3v) is 3.48. The second kappa shape index (κ2) is 7.88. The SMILES string of the molecule is CCOc1ccc(C(=O)NCC2CCCN2)cc1OCC. The lowest BCUT2D eigenvalue weighted by molar-refractivity contribution is 0.0950. The predicted molar refractivity (Wildman–Crippen MR) is 82.1 cm³/mol. The first-order valence-corrected chi connectivity index (χ1v) is 7.65. The molecule has 116 valence electrons. The fourth-order valence-electron chi connectivity index (χ4n) is 2.44. The summed E-state index contributed by atoms with van der Waals surface area (Å²) in [6.07, 6.45) is 2.30. The molecule has 1 aromatic rings. The van der Waals surface area contributed by atoms with Crippen LogP contribution in [0.3, 0.4) is 0 Å². The summed E-state index contributed by atoms with van der Waals surface area (Å²) in [4.78, 5) is 12.2. The van der Waals surface area contributed by atoms with Gasteiger partial charge in [-0.25, -0.2) is 0 Å². The summed E-state index contributed by atoms with van der Waals surface area (Å²) in [5, 5.41) is 6.33. The second-order valence-corrected chi connectivity index (χ2v) is 5.03. The van der Waals surface area contributed by atoms with Crippen LogP contribution in [0.4, 0.5) is 0 Å². The Balaban J connectivity index is 2.00. The molecule has 0 aromatic heterocycles. The smallest absolute Gasteiger partial charge is 0.251 e. The lowest BCUT2D eigenvalue weighted by Crippen LogP contribution is -2.37. The van der Waals surface area contributed by atoms with Crippen molar-refractivity contribution in [2.45, 2.75) is 32.7 Å². The van der Waals surface area contributed by atoms with Crippen molar-refractivity contribution in [2.24, 2.45) is 0 Å². The Kier molecular flexibility index (Phi) is 5.87. The minimum absolute atomic E-state index is 0.0762. The number of amides is 1. The van der Waals surface area contributed by atoms with E-state index in [0.29, 0.717) is 42.9 Å². The van der Waals surface area contributed by atoms with Crippen LogP contribution in [0.25, 0.3) is 0 Å². The van der Waals surface area contributed by atoms with E-state index in [9.17, 15) is 4.79 Å². The van der Waals surface area contributed by atoms with Crippen molar-refractivity contribution in [3.8, 4) is 11.5 Å². The zero-order chi connectivity index (χ0) is 15.1. The molecule has 1 heterocycles. The highest BCUT2D eigenvalue weighted by Gasteiger charge is 2.16. The molecule has 0 spiro atoms. The summed E-state index contributed by atoms with van der Waals surface area (Å²) in [6, 6.07) is 5.69. The van der Waals surface area contributed by atoms with Gasteiger partial charge in [-0.3, -0.25) is 4.79 Å². The molecule has 2 N–H and O–H groups in total. The molecule has 1 unspecified atom stereocenters. The number of nitrogens with one attached hydrogen (secondary N) is 2. The average molecular weight is 292 g/mol. The number of benzene rings is 1. The van der Waals surface area contributed by atoms with Crippen LogP contribution in [0.1, 0.15) is 37.0 Å². The van der Waals surface area contributed by atoms with Gasteiger partial charge in [0.1, 0.15) is 0 Å². The Morgan fingerprint density at radius 2 is 2.05 bits per heavy atom. The molecule has 0 aliphatic carbocycles. The average Bonchev–Trinajstić information content (AvgIpc) is 3.00. The highest BCUT2D eigenvalue weighted by atomic mass is 16.5. The lowest BCUT2D eigenvalue weighted by atomic mass is 10.1. The molecule has 5 heteroatoms. The molecule has 0 bridgehead atoms. The van der Waals surface area contributed by atoms with E-state index in [1.54, 1.807) is 18.2 Å². The maximum absolute atomic E-state index is 12.2. The fraction of sp³-hybridized carbons (Fsp3) is 0.562. The van der Waals surface area contributed by atoms with E-state index in [1.165, 1.54) is 6.42 Å². The van der Waals surface area contributed by atoms with Crippen molar-refractivity contribution in [3.05, 3.63) is 23.8 Å². The monoisotopic (exact) mass is 292 g/mol. The summed E-state index contributed by atoms with van der Waals surface area (Å²) in [6.45, 7) is 6.64. The Labute approximate surface area is 126 Å². The van der Waals surface area contributed by atoms with Crippen molar-refractivity contribution in [1.29, 1.82) is 0 Å². The van der Waals surface area contributed by atoms with Crippen molar-refractivity contribution < 1.29 is 14.3 Å². The van der Waals surface area contributed by atoms with Crippen LogP contribution in [0.5, 0.6) is 11.5 Å². The predicted octanol–water partition coefficient (Wildman–Crippen LogP) is 1.97. The molecule has 1 saturated heterocycles. The first kappa shape index (κ1) is 15.6.